The molecule has 1 aliphatic rings. The number of urea groups is 1. The third-order valence-electron chi connectivity index (χ3n) is 4.21. The molecule has 0 unspecified atom stereocenters. The number of nitrogens with zero attached hydrogens (tertiary/aromatic N) is 1. The Hall–Kier alpha value is -2.35. The number of likely N-dealkylation sites (tertiary alicyclic amines) is 1. The third-order valence-corrected chi connectivity index (χ3v) is 4.21. The van der Waals surface area contributed by atoms with Crippen LogP contribution in [-0.4, -0.2) is 59.4 Å². The summed E-state index contributed by atoms with van der Waals surface area (Å²) in [6.07, 6.45) is 3.25. The second-order valence-corrected chi connectivity index (χ2v) is 5.89. The number of rotatable bonds is 5. The third kappa shape index (κ3) is 4.82. The molecule has 0 bridgehead atoms. The van der Waals surface area contributed by atoms with Gasteiger partial charge in [0, 0.05) is 31.9 Å². The molecule has 2 rings (SSSR count). The number of aromatic amines is 1. The fourth-order valence-corrected chi connectivity index (χ4v) is 2.75. The lowest BCUT2D eigenvalue weighted by Crippen LogP contribution is -2.53. The number of amides is 4. The first-order valence-corrected chi connectivity index (χ1v) is 8.28. The Morgan fingerprint density at radius 1 is 1.33 bits per heavy atom. The van der Waals surface area contributed by atoms with Gasteiger partial charge in [-0.05, 0) is 38.8 Å². The summed E-state index contributed by atoms with van der Waals surface area (Å²) in [6.45, 7) is 5.44. The van der Waals surface area contributed by atoms with E-state index < -0.39 is 6.03 Å². The number of hydrogen-bond acceptors (Lipinski definition) is 4. The van der Waals surface area contributed by atoms with E-state index in [0.717, 1.165) is 12.8 Å². The molecule has 24 heavy (non-hydrogen) atoms. The highest BCUT2D eigenvalue weighted by molar-refractivity contribution is 5.96. The molecular weight excluding hydrogens is 310 g/mol. The van der Waals surface area contributed by atoms with Crippen LogP contribution in [0.4, 0.5) is 4.79 Å². The predicted molar refractivity (Wildman–Crippen MR) is 89.5 cm³/mol. The van der Waals surface area contributed by atoms with Gasteiger partial charge in [-0.15, -0.1) is 0 Å². The molecule has 1 atom stereocenters. The Kier molecular flexibility index (Phi) is 6.36. The lowest BCUT2D eigenvalue weighted by atomic mass is 10.0. The highest BCUT2D eigenvalue weighted by Gasteiger charge is 2.28. The molecule has 8 nitrogen and oxygen atoms in total. The van der Waals surface area contributed by atoms with Gasteiger partial charge in [0.25, 0.3) is 5.91 Å². The summed E-state index contributed by atoms with van der Waals surface area (Å²) in [5.41, 5.74) is 0.548. The zero-order valence-electron chi connectivity index (χ0n) is 14.1. The summed E-state index contributed by atoms with van der Waals surface area (Å²) in [5.74, 6) is -0.421. The van der Waals surface area contributed by atoms with Crippen LogP contribution in [0.3, 0.4) is 0 Å². The standard InChI is InChI=1S/C16H25N5O3/c1-3-17-16(24)20-14(22)11(2)21-9-6-12(7-10-21)19-15(23)13-5-4-8-18-13/h4-5,8,11-12,18H,3,6-7,9-10H2,1-2H3,(H,19,23)(H2,17,20,22,24)/t11-/m1/s1. The Morgan fingerprint density at radius 3 is 2.62 bits per heavy atom. The van der Waals surface area contributed by atoms with Crippen LogP contribution in [0, 0.1) is 0 Å². The van der Waals surface area contributed by atoms with Crippen molar-refractivity contribution in [3.63, 3.8) is 0 Å². The number of aromatic nitrogens is 1. The number of imide groups is 1. The summed E-state index contributed by atoms with van der Waals surface area (Å²) in [7, 11) is 0. The van der Waals surface area contributed by atoms with Gasteiger partial charge in [0.1, 0.15) is 5.69 Å². The fourth-order valence-electron chi connectivity index (χ4n) is 2.75. The van der Waals surface area contributed by atoms with E-state index >= 15 is 0 Å². The van der Waals surface area contributed by atoms with Crippen LogP contribution in [0.1, 0.15) is 37.2 Å². The molecule has 4 amide bonds. The molecular formula is C16H25N5O3. The van der Waals surface area contributed by atoms with Crippen LogP contribution >= 0.6 is 0 Å². The smallest absolute Gasteiger partial charge is 0.321 e. The minimum absolute atomic E-state index is 0.0932. The maximum Gasteiger partial charge on any atom is 0.321 e. The van der Waals surface area contributed by atoms with Gasteiger partial charge >= 0.3 is 6.03 Å². The van der Waals surface area contributed by atoms with Gasteiger partial charge in [-0.3, -0.25) is 19.8 Å². The van der Waals surface area contributed by atoms with Gasteiger partial charge in [-0.2, -0.15) is 0 Å². The van der Waals surface area contributed by atoms with Crippen LogP contribution < -0.4 is 16.0 Å². The highest BCUT2D eigenvalue weighted by Crippen LogP contribution is 2.14. The predicted octanol–water partition coefficient (Wildman–Crippen LogP) is 0.443. The monoisotopic (exact) mass is 335 g/mol. The molecule has 1 aromatic rings. The molecule has 0 radical (unpaired) electrons. The second-order valence-electron chi connectivity index (χ2n) is 5.89. The van der Waals surface area contributed by atoms with Crippen LogP contribution in [0.2, 0.25) is 0 Å². The first-order valence-electron chi connectivity index (χ1n) is 8.28. The SMILES string of the molecule is CCNC(=O)NC(=O)[C@@H](C)N1CCC(NC(=O)c2ccc[nH]2)CC1. The molecule has 4 N–H and O–H groups in total. The molecule has 8 heteroatoms. The summed E-state index contributed by atoms with van der Waals surface area (Å²) in [5, 5.41) is 7.87. The molecule has 0 spiro atoms. The van der Waals surface area contributed by atoms with Crippen LogP contribution in [0.15, 0.2) is 18.3 Å². The van der Waals surface area contributed by atoms with E-state index in [1.165, 1.54) is 0 Å². The van der Waals surface area contributed by atoms with Crippen LogP contribution in [0.25, 0.3) is 0 Å². The Morgan fingerprint density at radius 2 is 2.04 bits per heavy atom. The molecule has 0 saturated carbocycles. The van der Waals surface area contributed by atoms with E-state index in [2.05, 4.69) is 20.9 Å². The van der Waals surface area contributed by atoms with Crippen LogP contribution in [-0.2, 0) is 4.79 Å². The van der Waals surface area contributed by atoms with Crippen molar-refractivity contribution in [2.45, 2.75) is 38.8 Å². The number of carbonyl (C=O) groups is 3. The number of hydrogen-bond donors (Lipinski definition) is 4. The van der Waals surface area contributed by atoms with Gasteiger partial charge in [0.2, 0.25) is 5.91 Å². The summed E-state index contributed by atoms with van der Waals surface area (Å²) in [4.78, 5) is 40.4. The van der Waals surface area contributed by atoms with Crippen molar-refractivity contribution in [1.82, 2.24) is 25.8 Å². The molecule has 2 heterocycles. The van der Waals surface area contributed by atoms with Gasteiger partial charge in [-0.25, -0.2) is 4.79 Å². The first kappa shape index (κ1) is 18.0. The average Bonchev–Trinajstić information content (AvgIpc) is 3.09. The molecule has 0 aromatic carbocycles. The molecule has 1 fully saturated rings. The number of H-pyrrole nitrogens is 1. The normalized spacial score (nSPS) is 17.1. The molecule has 1 aromatic heterocycles. The topological polar surface area (TPSA) is 106 Å². The van der Waals surface area contributed by atoms with Gasteiger partial charge < -0.3 is 15.6 Å². The lowest BCUT2D eigenvalue weighted by Gasteiger charge is -2.35. The summed E-state index contributed by atoms with van der Waals surface area (Å²) >= 11 is 0. The van der Waals surface area contributed by atoms with Gasteiger partial charge in [0.05, 0.1) is 6.04 Å². The summed E-state index contributed by atoms with van der Waals surface area (Å²) < 4.78 is 0. The van der Waals surface area contributed by atoms with E-state index in [0.29, 0.717) is 25.3 Å². The molecule has 0 aliphatic carbocycles. The number of carbonyl (C=O) groups excluding carboxylic acids is 3. The maximum absolute atomic E-state index is 12.1. The fraction of sp³-hybridized carbons (Fsp3) is 0.562. The average molecular weight is 335 g/mol. The molecule has 1 saturated heterocycles. The first-order chi connectivity index (χ1) is 11.5. The van der Waals surface area contributed by atoms with Gasteiger partial charge in [-0.1, -0.05) is 0 Å². The molecule has 1 aliphatic heterocycles. The van der Waals surface area contributed by atoms with Crippen molar-refractivity contribution in [3.8, 4) is 0 Å². The largest absolute Gasteiger partial charge is 0.357 e. The van der Waals surface area contributed by atoms with E-state index in [-0.39, 0.29) is 23.9 Å². The minimum Gasteiger partial charge on any atom is -0.357 e. The highest BCUT2D eigenvalue weighted by atomic mass is 16.2. The van der Waals surface area contributed by atoms with Crippen molar-refractivity contribution >= 4 is 17.8 Å². The Balaban J connectivity index is 1.76. The van der Waals surface area contributed by atoms with Crippen molar-refractivity contribution in [1.29, 1.82) is 0 Å². The number of piperidine rings is 1. The van der Waals surface area contributed by atoms with Crippen LogP contribution in [0.5, 0.6) is 0 Å². The van der Waals surface area contributed by atoms with E-state index in [1.54, 1.807) is 32.2 Å². The minimum atomic E-state index is -0.470. The van der Waals surface area contributed by atoms with Crippen molar-refractivity contribution in [2.24, 2.45) is 0 Å². The van der Waals surface area contributed by atoms with Crippen molar-refractivity contribution in [3.05, 3.63) is 24.0 Å². The van der Waals surface area contributed by atoms with Crippen molar-refractivity contribution < 1.29 is 14.4 Å². The Labute approximate surface area is 141 Å². The van der Waals surface area contributed by atoms with E-state index in [4.69, 9.17) is 0 Å². The zero-order valence-corrected chi connectivity index (χ0v) is 14.1. The summed E-state index contributed by atoms with van der Waals surface area (Å²) in [6, 6.07) is 2.76. The molecule has 132 valence electrons. The Bertz CT molecular complexity index is 564. The number of nitrogens with one attached hydrogen (secondary N) is 4. The second kappa shape index (κ2) is 8.49. The maximum atomic E-state index is 12.1. The van der Waals surface area contributed by atoms with E-state index in [9.17, 15) is 14.4 Å². The quantitative estimate of drug-likeness (QED) is 0.626. The van der Waals surface area contributed by atoms with Gasteiger partial charge in [0.15, 0.2) is 0 Å². The van der Waals surface area contributed by atoms with E-state index in [1.807, 2.05) is 4.90 Å². The van der Waals surface area contributed by atoms with Crippen molar-refractivity contribution in [2.75, 3.05) is 19.6 Å². The zero-order chi connectivity index (χ0) is 17.5. The lowest BCUT2D eigenvalue weighted by molar-refractivity contribution is -0.125.